The second-order valence-corrected chi connectivity index (χ2v) is 1.21. The normalized spacial score (nSPS) is 22.7. The van der Waals surface area contributed by atoms with Gasteiger partial charge in [0.2, 0.25) is 6.10 Å². The Morgan fingerprint density at radius 3 is 1.86 bits per heavy atom. The molecule has 4 heteroatoms. The monoisotopic (exact) mass is 111 g/mol. The fourth-order valence-corrected chi connectivity index (χ4v) is 0.200. The van der Waals surface area contributed by atoms with Gasteiger partial charge in [-0.2, -0.15) is 13.2 Å². The molecule has 0 spiro atoms. The first kappa shape index (κ1) is 4.90. The SMILES string of the molecule is FC(F)(F)[C]1CO1. The lowest BCUT2D eigenvalue weighted by atomic mass is 10.5. The van der Waals surface area contributed by atoms with Crippen LogP contribution in [0.2, 0.25) is 0 Å². The van der Waals surface area contributed by atoms with Gasteiger partial charge in [-0.15, -0.1) is 0 Å². The van der Waals surface area contributed by atoms with Crippen LogP contribution >= 0.6 is 0 Å². The molecular formula is C3H2F3O. The molecule has 0 unspecified atom stereocenters. The van der Waals surface area contributed by atoms with E-state index >= 15 is 0 Å². The predicted molar refractivity (Wildman–Crippen MR) is 15.2 cm³/mol. The van der Waals surface area contributed by atoms with Gasteiger partial charge in [-0.3, -0.25) is 0 Å². The largest absolute Gasteiger partial charge is 0.423 e. The van der Waals surface area contributed by atoms with E-state index in [1.165, 1.54) is 0 Å². The van der Waals surface area contributed by atoms with E-state index in [-0.39, 0.29) is 6.61 Å². The first-order valence-corrected chi connectivity index (χ1v) is 1.66. The van der Waals surface area contributed by atoms with Gasteiger partial charge in [-0.1, -0.05) is 0 Å². The third kappa shape index (κ3) is 1.06. The van der Waals surface area contributed by atoms with E-state index in [9.17, 15) is 13.2 Å². The number of hydrogen-bond donors (Lipinski definition) is 0. The summed E-state index contributed by atoms with van der Waals surface area (Å²) < 4.78 is 37.1. The molecule has 1 heterocycles. The molecule has 0 aromatic heterocycles. The lowest BCUT2D eigenvalue weighted by Gasteiger charge is -1.95. The highest BCUT2D eigenvalue weighted by atomic mass is 19.4. The maximum absolute atomic E-state index is 11.1. The van der Waals surface area contributed by atoms with E-state index in [0.717, 1.165) is 0 Å². The fourth-order valence-electron chi connectivity index (χ4n) is 0.200. The van der Waals surface area contributed by atoms with E-state index in [4.69, 9.17) is 0 Å². The summed E-state index contributed by atoms with van der Waals surface area (Å²) in [6.45, 7) is -0.233. The van der Waals surface area contributed by atoms with Crippen LogP contribution in [0.3, 0.4) is 0 Å². The summed E-state index contributed by atoms with van der Waals surface area (Å²) in [5.41, 5.74) is 0. The van der Waals surface area contributed by atoms with Crippen LogP contribution < -0.4 is 0 Å². The number of rotatable bonds is 0. The van der Waals surface area contributed by atoms with Gasteiger partial charge in [-0.05, 0) is 0 Å². The lowest BCUT2D eigenvalue weighted by Crippen LogP contribution is -2.08. The quantitative estimate of drug-likeness (QED) is 0.426. The minimum atomic E-state index is -4.19. The lowest BCUT2D eigenvalue weighted by molar-refractivity contribution is -0.115. The standard InChI is InChI=1S/C3H2F3O/c4-3(5,6)2-1-7-2/h1H2. The molecule has 1 saturated heterocycles. The molecule has 0 atom stereocenters. The topological polar surface area (TPSA) is 12.5 Å². The summed E-state index contributed by atoms with van der Waals surface area (Å²) in [6, 6.07) is 0. The highest BCUT2D eigenvalue weighted by Gasteiger charge is 2.51. The highest BCUT2D eigenvalue weighted by molar-refractivity contribution is 4.98. The van der Waals surface area contributed by atoms with E-state index in [2.05, 4.69) is 4.74 Å². The Morgan fingerprint density at radius 1 is 1.43 bits per heavy atom. The summed E-state index contributed by atoms with van der Waals surface area (Å²) in [6.07, 6.45) is -4.95. The molecule has 0 aromatic carbocycles. The number of halogens is 3. The van der Waals surface area contributed by atoms with Crippen molar-refractivity contribution in [2.75, 3.05) is 6.61 Å². The molecule has 1 rings (SSSR count). The Labute approximate surface area is 38.1 Å². The summed E-state index contributed by atoms with van der Waals surface area (Å²) in [5.74, 6) is 0. The van der Waals surface area contributed by atoms with Crippen LogP contribution in [0, 0.1) is 6.10 Å². The van der Waals surface area contributed by atoms with E-state index in [1.807, 2.05) is 0 Å². The van der Waals surface area contributed by atoms with Crippen molar-refractivity contribution in [3.63, 3.8) is 0 Å². The zero-order valence-corrected chi connectivity index (χ0v) is 3.25. The maximum Gasteiger partial charge on any atom is 0.423 e. The smallest absolute Gasteiger partial charge is 0.357 e. The second-order valence-electron chi connectivity index (χ2n) is 1.21. The Balaban J connectivity index is 2.36. The Morgan fingerprint density at radius 2 is 1.86 bits per heavy atom. The predicted octanol–water partition coefficient (Wildman–Crippen LogP) is 1.11. The molecule has 41 valence electrons. The summed E-state index contributed by atoms with van der Waals surface area (Å²) in [5, 5.41) is 0. The van der Waals surface area contributed by atoms with Crippen molar-refractivity contribution in [3.8, 4) is 0 Å². The van der Waals surface area contributed by atoms with Gasteiger partial charge in [0.05, 0.1) is 6.61 Å². The van der Waals surface area contributed by atoms with Crippen LogP contribution in [0.25, 0.3) is 0 Å². The van der Waals surface area contributed by atoms with Crippen LogP contribution in [0.5, 0.6) is 0 Å². The summed E-state index contributed by atoms with van der Waals surface area (Å²) in [4.78, 5) is 0. The van der Waals surface area contributed by atoms with Crippen LogP contribution in [0.15, 0.2) is 0 Å². The molecule has 1 aliphatic heterocycles. The fraction of sp³-hybridized carbons (Fsp3) is 0.667. The van der Waals surface area contributed by atoms with Gasteiger partial charge < -0.3 is 4.74 Å². The van der Waals surface area contributed by atoms with Crippen LogP contribution in [0.1, 0.15) is 0 Å². The zero-order chi connectivity index (χ0) is 5.49. The molecule has 0 saturated carbocycles. The molecule has 0 aromatic rings. The van der Waals surface area contributed by atoms with Gasteiger partial charge in [0.25, 0.3) is 0 Å². The minimum absolute atomic E-state index is 0.233. The van der Waals surface area contributed by atoms with Crippen molar-refractivity contribution in [1.82, 2.24) is 0 Å². The Hall–Kier alpha value is -0.250. The number of hydrogen-bond acceptors (Lipinski definition) is 1. The third-order valence-electron chi connectivity index (χ3n) is 0.605. The Kier molecular flexibility index (Phi) is 0.786. The van der Waals surface area contributed by atoms with E-state index < -0.39 is 12.3 Å². The molecule has 0 aliphatic carbocycles. The Bertz CT molecular complexity index is 72.7. The summed E-state index contributed by atoms with van der Waals surface area (Å²) in [7, 11) is 0. The first-order chi connectivity index (χ1) is 3.11. The van der Waals surface area contributed by atoms with Gasteiger partial charge in [-0.25, -0.2) is 0 Å². The van der Waals surface area contributed by atoms with Gasteiger partial charge in [0.1, 0.15) is 0 Å². The second kappa shape index (κ2) is 1.12. The third-order valence-corrected chi connectivity index (χ3v) is 0.605. The molecule has 1 radical (unpaired) electrons. The number of alkyl halides is 3. The zero-order valence-electron chi connectivity index (χ0n) is 3.25. The van der Waals surface area contributed by atoms with Crippen molar-refractivity contribution in [2.45, 2.75) is 6.18 Å². The maximum atomic E-state index is 11.1. The van der Waals surface area contributed by atoms with E-state index in [1.54, 1.807) is 0 Å². The van der Waals surface area contributed by atoms with Crippen molar-refractivity contribution in [2.24, 2.45) is 0 Å². The highest BCUT2D eigenvalue weighted by Crippen LogP contribution is 2.37. The van der Waals surface area contributed by atoms with Gasteiger partial charge >= 0.3 is 6.18 Å². The van der Waals surface area contributed by atoms with Crippen molar-refractivity contribution in [3.05, 3.63) is 6.10 Å². The van der Waals surface area contributed by atoms with Gasteiger partial charge in [0.15, 0.2) is 0 Å². The van der Waals surface area contributed by atoms with Crippen molar-refractivity contribution < 1.29 is 17.9 Å². The molecule has 0 amide bonds. The molecule has 0 bridgehead atoms. The molecule has 1 aliphatic rings. The molecule has 1 nitrogen and oxygen atoms in total. The number of epoxide rings is 1. The minimum Gasteiger partial charge on any atom is -0.357 e. The van der Waals surface area contributed by atoms with Crippen molar-refractivity contribution in [1.29, 1.82) is 0 Å². The van der Waals surface area contributed by atoms with Gasteiger partial charge in [0, 0.05) is 0 Å². The average Bonchev–Trinajstić information content (AvgIpc) is 1.99. The molecule has 0 N–H and O–H groups in total. The van der Waals surface area contributed by atoms with Crippen LogP contribution in [-0.2, 0) is 4.74 Å². The molecule has 7 heavy (non-hydrogen) atoms. The average molecular weight is 111 g/mol. The summed E-state index contributed by atoms with van der Waals surface area (Å²) >= 11 is 0. The first-order valence-electron chi connectivity index (χ1n) is 1.66. The van der Waals surface area contributed by atoms with Crippen molar-refractivity contribution >= 4 is 0 Å². The molecular weight excluding hydrogens is 109 g/mol. The van der Waals surface area contributed by atoms with E-state index in [0.29, 0.717) is 0 Å². The van der Waals surface area contributed by atoms with Crippen LogP contribution in [0.4, 0.5) is 13.2 Å². The van der Waals surface area contributed by atoms with Crippen LogP contribution in [-0.4, -0.2) is 12.8 Å². The number of ether oxygens (including phenoxy) is 1. The molecule has 1 fully saturated rings.